The molecule has 3 aromatic carbocycles. The number of unbranched alkanes of at least 4 members (excludes halogenated alkanes) is 12. The van der Waals surface area contributed by atoms with E-state index in [0.717, 1.165) is 88.7 Å². The number of para-hydroxylation sites is 1. The average molecular weight is 843 g/mol. The van der Waals surface area contributed by atoms with Gasteiger partial charge in [-0.2, -0.15) is 0 Å². The Balaban J connectivity index is 0.910. The summed E-state index contributed by atoms with van der Waals surface area (Å²) in [5.74, 6) is 1.05. The summed E-state index contributed by atoms with van der Waals surface area (Å²) in [6.45, 7) is 4.04. The fraction of sp³-hybridized carbons (Fsp3) is 0.569. The Bertz CT molecular complexity index is 1690. The highest BCUT2D eigenvalue weighted by molar-refractivity contribution is 5.91. The van der Waals surface area contributed by atoms with Crippen LogP contribution in [0.1, 0.15) is 180 Å². The molecule has 0 radical (unpaired) electrons. The van der Waals surface area contributed by atoms with E-state index in [1.165, 1.54) is 63.0 Å². The summed E-state index contributed by atoms with van der Waals surface area (Å²) in [6, 6.07) is 21.8. The van der Waals surface area contributed by atoms with Gasteiger partial charge in [0.1, 0.15) is 22.8 Å². The van der Waals surface area contributed by atoms with Crippen LogP contribution in [0, 0.1) is 5.92 Å². The lowest BCUT2D eigenvalue weighted by molar-refractivity contribution is -0.150. The molecule has 0 aliphatic heterocycles. The van der Waals surface area contributed by atoms with E-state index in [2.05, 4.69) is 19.1 Å². The van der Waals surface area contributed by atoms with Crippen molar-refractivity contribution in [3.8, 4) is 17.2 Å². The van der Waals surface area contributed by atoms with Crippen LogP contribution < -0.4 is 14.2 Å². The highest BCUT2D eigenvalue weighted by Gasteiger charge is 2.22. The molecule has 10 heteroatoms. The molecule has 1 saturated carbocycles. The summed E-state index contributed by atoms with van der Waals surface area (Å²) in [4.78, 5) is 48.1. The lowest BCUT2D eigenvalue weighted by Crippen LogP contribution is -2.13. The molecule has 3 aromatic rings. The van der Waals surface area contributed by atoms with Gasteiger partial charge >= 0.3 is 23.9 Å². The van der Waals surface area contributed by atoms with Gasteiger partial charge in [0, 0.05) is 0 Å². The Kier molecular flexibility index (Phi) is 23.5. The molecule has 0 spiro atoms. The molecule has 0 saturated heterocycles. The van der Waals surface area contributed by atoms with Gasteiger partial charge in [-0.3, -0.25) is 9.59 Å². The quantitative estimate of drug-likeness (QED) is 0.0379. The van der Waals surface area contributed by atoms with E-state index < -0.39 is 5.97 Å². The molecular weight excluding hydrogens is 773 g/mol. The summed E-state index contributed by atoms with van der Waals surface area (Å²) >= 11 is 0. The van der Waals surface area contributed by atoms with Crippen LogP contribution in [0.3, 0.4) is 0 Å². The third kappa shape index (κ3) is 20.0. The fourth-order valence-corrected chi connectivity index (χ4v) is 7.81. The number of aromatic carboxylic acids is 1. The van der Waals surface area contributed by atoms with Crippen molar-refractivity contribution in [1.82, 2.24) is 0 Å². The molecule has 0 heterocycles. The first-order valence-electron chi connectivity index (χ1n) is 23.1. The number of benzene rings is 3. The zero-order valence-electron chi connectivity index (χ0n) is 36.6. The van der Waals surface area contributed by atoms with E-state index in [-0.39, 0.29) is 36.3 Å². The van der Waals surface area contributed by atoms with Gasteiger partial charge < -0.3 is 28.8 Å². The first kappa shape index (κ1) is 48.8. The summed E-state index contributed by atoms with van der Waals surface area (Å²) in [5, 5.41) is 9.22. The van der Waals surface area contributed by atoms with Crippen LogP contribution in [0.25, 0.3) is 0 Å². The highest BCUT2D eigenvalue weighted by Crippen LogP contribution is 2.38. The standard InChI is InChI=1S/C51H70O10/c1-2-3-12-19-40-22-24-41(25-23-40)42-26-32-45(33-27-42)61-51(56)43-28-30-44(31-29-43)57-36-15-8-4-6-10-17-38-59-48(52)34-35-49(53)60-39-18-11-7-5-9-16-37-58-47-21-14-13-20-46(47)50(54)55/h13-14,20-21,26-33,40-41H,2-12,15-19,22-25,34-39H2,1H3,(H,54,55). The number of ether oxygens (including phenoxy) is 5. The molecular formula is C51H70O10. The van der Waals surface area contributed by atoms with Crippen molar-refractivity contribution in [3.63, 3.8) is 0 Å². The van der Waals surface area contributed by atoms with Gasteiger partial charge in [0.15, 0.2) is 0 Å². The maximum absolute atomic E-state index is 12.8. The van der Waals surface area contributed by atoms with Crippen molar-refractivity contribution < 1.29 is 48.0 Å². The molecule has 1 N–H and O–H groups in total. The Morgan fingerprint density at radius 2 is 1.08 bits per heavy atom. The van der Waals surface area contributed by atoms with Gasteiger partial charge in [0.25, 0.3) is 0 Å². The minimum Gasteiger partial charge on any atom is -0.494 e. The number of hydrogen-bond donors (Lipinski definition) is 1. The lowest BCUT2D eigenvalue weighted by Gasteiger charge is -2.29. The number of carboxylic acid groups (broad SMARTS) is 1. The number of hydrogen-bond acceptors (Lipinski definition) is 9. The Morgan fingerprint density at radius 3 is 1.66 bits per heavy atom. The Morgan fingerprint density at radius 1 is 0.557 bits per heavy atom. The molecule has 0 aromatic heterocycles. The second kappa shape index (κ2) is 29.4. The summed E-state index contributed by atoms with van der Waals surface area (Å²) < 4.78 is 27.7. The van der Waals surface area contributed by atoms with Crippen molar-refractivity contribution >= 4 is 23.9 Å². The molecule has 0 unspecified atom stereocenters. The van der Waals surface area contributed by atoms with Crippen molar-refractivity contribution in [3.05, 3.63) is 89.5 Å². The molecule has 0 bridgehead atoms. The molecule has 4 rings (SSSR count). The second-order valence-electron chi connectivity index (χ2n) is 16.4. The Hall–Kier alpha value is -4.86. The predicted molar refractivity (Wildman–Crippen MR) is 238 cm³/mol. The third-order valence-corrected chi connectivity index (χ3v) is 11.5. The van der Waals surface area contributed by atoms with Crippen LogP contribution in [0.2, 0.25) is 0 Å². The maximum atomic E-state index is 12.8. The second-order valence-corrected chi connectivity index (χ2v) is 16.4. The van der Waals surface area contributed by atoms with E-state index in [4.69, 9.17) is 23.7 Å². The van der Waals surface area contributed by atoms with E-state index in [1.807, 2.05) is 24.3 Å². The van der Waals surface area contributed by atoms with E-state index in [0.29, 0.717) is 49.4 Å². The van der Waals surface area contributed by atoms with E-state index in [9.17, 15) is 24.3 Å². The zero-order valence-corrected chi connectivity index (χ0v) is 36.6. The molecule has 0 amide bonds. The van der Waals surface area contributed by atoms with Gasteiger partial charge in [-0.1, -0.05) is 108 Å². The molecule has 61 heavy (non-hydrogen) atoms. The van der Waals surface area contributed by atoms with E-state index >= 15 is 0 Å². The number of esters is 3. The van der Waals surface area contributed by atoms with Crippen LogP contribution in [-0.4, -0.2) is 55.4 Å². The smallest absolute Gasteiger partial charge is 0.343 e. The Labute approximate surface area is 364 Å². The fourth-order valence-electron chi connectivity index (χ4n) is 7.81. The normalized spacial score (nSPS) is 14.8. The van der Waals surface area contributed by atoms with Crippen LogP contribution >= 0.6 is 0 Å². The van der Waals surface area contributed by atoms with Crippen LogP contribution in [0.15, 0.2) is 72.8 Å². The van der Waals surface area contributed by atoms with Crippen molar-refractivity contribution in [2.75, 3.05) is 26.4 Å². The highest BCUT2D eigenvalue weighted by atomic mass is 16.5. The maximum Gasteiger partial charge on any atom is 0.343 e. The molecule has 10 nitrogen and oxygen atoms in total. The zero-order chi connectivity index (χ0) is 43.3. The van der Waals surface area contributed by atoms with Gasteiger partial charge in [-0.25, -0.2) is 9.59 Å². The lowest BCUT2D eigenvalue weighted by atomic mass is 9.77. The molecule has 1 aliphatic carbocycles. The van der Waals surface area contributed by atoms with Gasteiger partial charge in [0.2, 0.25) is 0 Å². The molecule has 334 valence electrons. The number of carbonyl (C=O) groups is 4. The summed E-state index contributed by atoms with van der Waals surface area (Å²) in [6.07, 6.45) is 22.0. The number of rotatable bonds is 31. The van der Waals surface area contributed by atoms with Crippen LogP contribution in [0.4, 0.5) is 0 Å². The SMILES string of the molecule is CCCCCC1CCC(c2ccc(OC(=O)c3ccc(OCCCCCCCCOC(=O)CCC(=O)OCCCCCCCCOc4ccccc4C(=O)O)cc3)cc2)CC1. The van der Waals surface area contributed by atoms with Gasteiger partial charge in [0.05, 0.1) is 44.8 Å². The minimum absolute atomic E-state index is 0.0253. The first-order valence-corrected chi connectivity index (χ1v) is 23.1. The monoisotopic (exact) mass is 842 g/mol. The van der Waals surface area contributed by atoms with Gasteiger partial charge in [-0.05, 0) is 117 Å². The molecule has 1 aliphatic rings. The third-order valence-electron chi connectivity index (χ3n) is 11.5. The summed E-state index contributed by atoms with van der Waals surface area (Å²) in [7, 11) is 0. The van der Waals surface area contributed by atoms with Crippen LogP contribution in [0.5, 0.6) is 17.2 Å². The molecule has 1 fully saturated rings. The number of carboxylic acids is 1. The van der Waals surface area contributed by atoms with Crippen molar-refractivity contribution in [2.45, 2.75) is 154 Å². The van der Waals surface area contributed by atoms with Crippen molar-refractivity contribution in [2.24, 2.45) is 5.92 Å². The van der Waals surface area contributed by atoms with Gasteiger partial charge in [-0.15, -0.1) is 0 Å². The average Bonchev–Trinajstić information content (AvgIpc) is 3.27. The topological polar surface area (TPSA) is 135 Å². The first-order chi connectivity index (χ1) is 29.8. The minimum atomic E-state index is -0.996. The van der Waals surface area contributed by atoms with Crippen LogP contribution in [-0.2, 0) is 19.1 Å². The molecule has 0 atom stereocenters. The summed E-state index contributed by atoms with van der Waals surface area (Å²) in [5.41, 5.74) is 2.00. The number of carbonyl (C=O) groups excluding carboxylic acids is 3. The van der Waals surface area contributed by atoms with Crippen molar-refractivity contribution in [1.29, 1.82) is 0 Å². The predicted octanol–water partition coefficient (Wildman–Crippen LogP) is 12.5. The largest absolute Gasteiger partial charge is 0.494 e. The van der Waals surface area contributed by atoms with E-state index in [1.54, 1.807) is 30.3 Å².